The molecule has 0 aliphatic heterocycles. The van der Waals surface area contributed by atoms with Crippen molar-refractivity contribution in [1.29, 1.82) is 0 Å². The fraction of sp³-hybridized carbons (Fsp3) is 0.619. The Balaban J connectivity index is 1.70. The summed E-state index contributed by atoms with van der Waals surface area (Å²) in [6.07, 6.45) is 7.93. The maximum absolute atomic E-state index is 12.7. The molecule has 1 saturated carbocycles. The zero-order chi connectivity index (χ0) is 19.7. The van der Waals surface area contributed by atoms with Gasteiger partial charge in [-0.15, -0.1) is 6.58 Å². The van der Waals surface area contributed by atoms with E-state index in [0.717, 1.165) is 58.2 Å². The van der Waals surface area contributed by atoms with Crippen LogP contribution in [0.5, 0.6) is 0 Å². The fourth-order valence-corrected chi connectivity index (χ4v) is 5.01. The van der Waals surface area contributed by atoms with Gasteiger partial charge in [0.25, 0.3) is 0 Å². The third kappa shape index (κ3) is 6.71. The number of rotatable bonds is 11. The molecule has 1 aromatic carbocycles. The van der Waals surface area contributed by atoms with E-state index in [9.17, 15) is 8.42 Å². The Morgan fingerprint density at radius 1 is 1.11 bits per heavy atom. The number of ether oxygens (including phenoxy) is 1. The van der Waals surface area contributed by atoms with Crippen molar-refractivity contribution in [3.8, 4) is 0 Å². The molecule has 6 heteroatoms. The van der Waals surface area contributed by atoms with Crippen LogP contribution in [0.1, 0.15) is 38.5 Å². The van der Waals surface area contributed by atoms with Crippen molar-refractivity contribution in [2.75, 3.05) is 33.8 Å². The van der Waals surface area contributed by atoms with Crippen LogP contribution in [0.4, 0.5) is 0 Å². The van der Waals surface area contributed by atoms with Crippen LogP contribution in [-0.2, 0) is 14.8 Å². The first kappa shape index (κ1) is 22.1. The van der Waals surface area contributed by atoms with Gasteiger partial charge in [0.2, 0.25) is 10.0 Å². The van der Waals surface area contributed by atoms with Gasteiger partial charge >= 0.3 is 0 Å². The van der Waals surface area contributed by atoms with Gasteiger partial charge < -0.3 is 9.64 Å². The first-order chi connectivity index (χ1) is 12.9. The lowest BCUT2D eigenvalue weighted by atomic mass is 9.93. The molecular formula is C21H34N2O3S. The van der Waals surface area contributed by atoms with Gasteiger partial charge in [0.15, 0.2) is 0 Å². The van der Waals surface area contributed by atoms with E-state index in [0.29, 0.717) is 4.90 Å². The summed E-state index contributed by atoms with van der Waals surface area (Å²) in [4.78, 5) is 2.62. The molecule has 0 spiro atoms. The van der Waals surface area contributed by atoms with Crippen molar-refractivity contribution in [2.45, 2.75) is 55.6 Å². The van der Waals surface area contributed by atoms with Gasteiger partial charge in [-0.3, -0.25) is 0 Å². The highest BCUT2D eigenvalue weighted by molar-refractivity contribution is 7.89. The second-order valence-corrected chi connectivity index (χ2v) is 9.39. The number of sulfonamides is 1. The largest absolute Gasteiger partial charge is 0.378 e. The molecule has 1 fully saturated rings. The topological polar surface area (TPSA) is 49.9 Å². The van der Waals surface area contributed by atoms with Crippen molar-refractivity contribution in [1.82, 2.24) is 9.21 Å². The summed E-state index contributed by atoms with van der Waals surface area (Å²) in [5, 5.41) is 0. The van der Waals surface area contributed by atoms with E-state index in [-0.39, 0.29) is 12.1 Å². The first-order valence-electron chi connectivity index (χ1n) is 9.89. The standard InChI is InChI=1S/C21H34N2O3S/c1-4-16-22(2)17-8-9-18-26-20-14-12-19(13-15-20)23(3)27(24,25)21-10-6-5-7-11-21/h4-7,10-11,19-20H,1,8-9,12-18H2,2-3H3. The summed E-state index contributed by atoms with van der Waals surface area (Å²) >= 11 is 0. The SMILES string of the molecule is C=CCN(C)CCCCOC1CCC(N(C)S(=O)(=O)c2ccccc2)CC1. The van der Waals surface area contributed by atoms with E-state index in [1.54, 1.807) is 35.6 Å². The van der Waals surface area contributed by atoms with Gasteiger partial charge in [-0.25, -0.2) is 8.42 Å². The lowest BCUT2D eigenvalue weighted by Gasteiger charge is -2.34. The smallest absolute Gasteiger partial charge is 0.243 e. The molecular weight excluding hydrogens is 360 g/mol. The van der Waals surface area contributed by atoms with Crippen molar-refractivity contribution in [3.05, 3.63) is 43.0 Å². The summed E-state index contributed by atoms with van der Waals surface area (Å²) in [7, 11) is 0.391. The van der Waals surface area contributed by atoms with E-state index in [1.807, 2.05) is 12.1 Å². The van der Waals surface area contributed by atoms with Gasteiger partial charge in [-0.05, 0) is 64.3 Å². The third-order valence-corrected chi connectivity index (χ3v) is 7.23. The lowest BCUT2D eigenvalue weighted by molar-refractivity contribution is 0.0153. The van der Waals surface area contributed by atoms with Gasteiger partial charge in [0.1, 0.15) is 0 Å². The Hall–Kier alpha value is -1.21. The van der Waals surface area contributed by atoms with Crippen molar-refractivity contribution < 1.29 is 13.2 Å². The molecule has 0 unspecified atom stereocenters. The third-order valence-electron chi connectivity index (χ3n) is 5.31. The minimum Gasteiger partial charge on any atom is -0.378 e. The quantitative estimate of drug-likeness (QED) is 0.426. The van der Waals surface area contributed by atoms with E-state index in [1.165, 1.54) is 0 Å². The Labute approximate surface area is 165 Å². The predicted octanol–water partition coefficient (Wildman–Crippen LogP) is 3.53. The molecule has 152 valence electrons. The maximum Gasteiger partial charge on any atom is 0.243 e. The molecule has 1 aromatic rings. The number of nitrogens with zero attached hydrogens (tertiary/aromatic N) is 2. The molecule has 0 bridgehead atoms. The van der Waals surface area contributed by atoms with Crippen LogP contribution in [0.2, 0.25) is 0 Å². The van der Waals surface area contributed by atoms with Crippen molar-refractivity contribution in [2.24, 2.45) is 0 Å². The minimum atomic E-state index is -3.41. The van der Waals surface area contributed by atoms with Crippen LogP contribution < -0.4 is 0 Å². The van der Waals surface area contributed by atoms with Gasteiger partial charge in [0.05, 0.1) is 11.0 Å². The number of benzene rings is 1. The molecule has 0 atom stereocenters. The fourth-order valence-electron chi connectivity index (χ4n) is 3.58. The maximum atomic E-state index is 12.7. The highest BCUT2D eigenvalue weighted by Crippen LogP contribution is 2.28. The molecule has 0 aromatic heterocycles. The molecule has 27 heavy (non-hydrogen) atoms. The molecule has 1 aliphatic rings. The average Bonchev–Trinajstić information content (AvgIpc) is 2.68. The molecule has 0 saturated heterocycles. The van der Waals surface area contributed by atoms with E-state index in [2.05, 4.69) is 18.5 Å². The highest BCUT2D eigenvalue weighted by atomic mass is 32.2. The zero-order valence-corrected chi connectivity index (χ0v) is 17.5. The van der Waals surface area contributed by atoms with Gasteiger partial charge in [0, 0.05) is 26.2 Å². The molecule has 0 radical (unpaired) electrons. The van der Waals surface area contributed by atoms with Crippen LogP contribution in [0.15, 0.2) is 47.9 Å². The molecule has 5 nitrogen and oxygen atoms in total. The molecule has 0 N–H and O–H groups in total. The molecule has 1 aliphatic carbocycles. The molecule has 0 amide bonds. The van der Waals surface area contributed by atoms with E-state index < -0.39 is 10.0 Å². The number of hydrogen-bond acceptors (Lipinski definition) is 4. The lowest BCUT2D eigenvalue weighted by Crippen LogP contribution is -2.40. The van der Waals surface area contributed by atoms with Crippen LogP contribution >= 0.6 is 0 Å². The Morgan fingerprint density at radius 3 is 2.41 bits per heavy atom. The summed E-state index contributed by atoms with van der Waals surface area (Å²) in [6, 6.07) is 8.74. The molecule has 0 heterocycles. The van der Waals surface area contributed by atoms with Crippen LogP contribution in [0.3, 0.4) is 0 Å². The summed E-state index contributed by atoms with van der Waals surface area (Å²) in [6.45, 7) is 6.52. The van der Waals surface area contributed by atoms with Gasteiger partial charge in [-0.1, -0.05) is 24.3 Å². The molecule has 2 rings (SSSR count). The Bertz CT molecular complexity index is 655. The van der Waals surface area contributed by atoms with Crippen LogP contribution in [0, 0.1) is 0 Å². The monoisotopic (exact) mass is 394 g/mol. The summed E-state index contributed by atoms with van der Waals surface area (Å²) in [5.74, 6) is 0. The number of hydrogen-bond donors (Lipinski definition) is 0. The van der Waals surface area contributed by atoms with E-state index >= 15 is 0 Å². The number of unbranched alkanes of at least 4 members (excludes halogenated alkanes) is 1. The first-order valence-corrected chi connectivity index (χ1v) is 11.3. The van der Waals surface area contributed by atoms with Crippen molar-refractivity contribution in [3.63, 3.8) is 0 Å². The highest BCUT2D eigenvalue weighted by Gasteiger charge is 2.31. The predicted molar refractivity (Wildman–Crippen MR) is 110 cm³/mol. The second-order valence-electron chi connectivity index (χ2n) is 7.39. The minimum absolute atomic E-state index is 0.0580. The second kappa shape index (κ2) is 11.0. The summed E-state index contributed by atoms with van der Waals surface area (Å²) < 4.78 is 33.1. The van der Waals surface area contributed by atoms with E-state index in [4.69, 9.17) is 4.74 Å². The number of likely N-dealkylation sites (N-methyl/N-ethyl adjacent to an activating group) is 1. The van der Waals surface area contributed by atoms with Gasteiger partial charge in [-0.2, -0.15) is 4.31 Å². The summed E-state index contributed by atoms with van der Waals surface area (Å²) in [5.41, 5.74) is 0. The normalized spacial score (nSPS) is 20.9. The Kier molecular flexibility index (Phi) is 8.96. The van der Waals surface area contributed by atoms with Crippen LogP contribution in [0.25, 0.3) is 0 Å². The zero-order valence-electron chi connectivity index (χ0n) is 16.7. The average molecular weight is 395 g/mol. The van der Waals surface area contributed by atoms with Crippen molar-refractivity contribution >= 4 is 10.0 Å². The van der Waals surface area contributed by atoms with Crippen LogP contribution in [-0.4, -0.2) is 63.6 Å². The Morgan fingerprint density at radius 2 is 1.78 bits per heavy atom.